The fourth-order valence-corrected chi connectivity index (χ4v) is 3.38. The van der Waals surface area contributed by atoms with Crippen LogP contribution in [0.1, 0.15) is 16.7 Å². The van der Waals surface area contributed by atoms with E-state index in [2.05, 4.69) is 10.4 Å². The number of nitrogens with one attached hydrogen (secondary N) is 1. The van der Waals surface area contributed by atoms with Crippen LogP contribution in [0.2, 0.25) is 5.02 Å². The highest BCUT2D eigenvalue weighted by molar-refractivity contribution is 7.79. The van der Waals surface area contributed by atoms with Crippen molar-refractivity contribution in [3.05, 3.63) is 70.5 Å². The van der Waals surface area contributed by atoms with Gasteiger partial charge in [0.25, 0.3) is 0 Å². The zero-order valence-corrected chi connectivity index (χ0v) is 16.3. The highest BCUT2D eigenvalue weighted by Crippen LogP contribution is 2.23. The third-order valence-electron chi connectivity index (χ3n) is 3.93. The van der Waals surface area contributed by atoms with Crippen LogP contribution in [-0.2, 0) is 22.3 Å². The minimum absolute atomic E-state index is 0.0565. The summed E-state index contributed by atoms with van der Waals surface area (Å²) in [6.07, 6.45) is 2.81. The van der Waals surface area contributed by atoms with Crippen LogP contribution < -0.4 is 5.32 Å². The van der Waals surface area contributed by atoms with Crippen molar-refractivity contribution >= 4 is 34.3 Å². The minimum Gasteiger partial charge on any atom is -0.768 e. The molecule has 0 aliphatic rings. The van der Waals surface area contributed by atoms with E-state index in [4.69, 9.17) is 16.9 Å². The monoisotopic (exact) mass is 413 g/mol. The number of anilines is 1. The van der Waals surface area contributed by atoms with Gasteiger partial charge in [0.1, 0.15) is 6.07 Å². The highest BCUT2D eigenvalue weighted by atomic mass is 35.5. The van der Waals surface area contributed by atoms with Crippen LogP contribution in [-0.4, -0.2) is 24.4 Å². The number of nitriles is 1. The maximum Gasteiger partial charge on any atom is 0.228 e. The predicted octanol–water partition coefficient (Wildman–Crippen LogP) is 3.13. The van der Waals surface area contributed by atoms with Crippen LogP contribution in [0.4, 0.5) is 5.69 Å². The van der Waals surface area contributed by atoms with Crippen molar-refractivity contribution in [2.24, 2.45) is 0 Å². The van der Waals surface area contributed by atoms with Crippen molar-refractivity contribution in [2.45, 2.75) is 18.2 Å². The Hall–Kier alpha value is -2.99. The van der Waals surface area contributed by atoms with E-state index in [1.807, 2.05) is 25.1 Å². The summed E-state index contributed by atoms with van der Waals surface area (Å²) in [6.45, 7) is 1.90. The Labute approximate surface area is 168 Å². The molecule has 0 fully saturated rings. The molecule has 0 spiro atoms. The number of halogens is 1. The molecule has 1 amide bonds. The summed E-state index contributed by atoms with van der Waals surface area (Å²) in [5.74, 6) is -0.325. The number of hydrogen-bond acceptors (Lipinski definition) is 5. The average molecular weight is 414 g/mol. The van der Waals surface area contributed by atoms with Gasteiger partial charge in [-0.25, -0.2) is 4.68 Å². The molecule has 28 heavy (non-hydrogen) atoms. The first-order valence-electron chi connectivity index (χ1n) is 8.10. The van der Waals surface area contributed by atoms with Crippen LogP contribution in [0.25, 0.3) is 5.69 Å². The first-order chi connectivity index (χ1) is 13.4. The van der Waals surface area contributed by atoms with Gasteiger partial charge in [-0.15, -0.1) is 0 Å². The van der Waals surface area contributed by atoms with Gasteiger partial charge in [-0.05, 0) is 47.8 Å². The van der Waals surface area contributed by atoms with Gasteiger partial charge in [0.15, 0.2) is 0 Å². The van der Waals surface area contributed by atoms with E-state index in [0.717, 1.165) is 5.56 Å². The molecule has 0 bridgehead atoms. The van der Waals surface area contributed by atoms with E-state index in [1.54, 1.807) is 12.1 Å². The zero-order valence-electron chi connectivity index (χ0n) is 14.7. The molecular formula is C19H14ClN4O3S-. The quantitative estimate of drug-likeness (QED) is 0.646. The van der Waals surface area contributed by atoms with E-state index < -0.39 is 11.1 Å². The second-order valence-electron chi connectivity index (χ2n) is 6.02. The maximum atomic E-state index is 12.3. The van der Waals surface area contributed by atoms with E-state index in [0.29, 0.717) is 21.8 Å². The molecule has 0 aliphatic heterocycles. The van der Waals surface area contributed by atoms with Crippen LogP contribution >= 0.6 is 11.6 Å². The number of hydrogen-bond donors (Lipinski definition) is 1. The van der Waals surface area contributed by atoms with Crippen molar-refractivity contribution in [1.82, 2.24) is 9.78 Å². The van der Waals surface area contributed by atoms with E-state index in [-0.39, 0.29) is 22.9 Å². The fraction of sp³-hybridized carbons (Fsp3) is 0.105. The van der Waals surface area contributed by atoms with E-state index in [9.17, 15) is 13.6 Å². The lowest BCUT2D eigenvalue weighted by Crippen LogP contribution is -2.15. The van der Waals surface area contributed by atoms with Crippen molar-refractivity contribution in [1.29, 1.82) is 5.26 Å². The Morgan fingerprint density at radius 3 is 2.82 bits per heavy atom. The standard InChI is InChI=1S/C19H15ClN4O3S/c1-12-2-4-16(20)14(6-12)7-19(25)23-15-3-5-17(18(8-15)28(26)27)24-11-13(9-21)10-22-24/h2-6,8,10-11H,7H2,1H3,(H,23,25)(H,26,27)/p-1. The normalized spacial score (nSPS) is 11.6. The Bertz CT molecular complexity index is 1120. The Kier molecular flexibility index (Phi) is 5.90. The molecule has 0 aliphatic carbocycles. The summed E-state index contributed by atoms with van der Waals surface area (Å²) in [7, 11) is 0. The number of amides is 1. The molecule has 2 aromatic carbocycles. The van der Waals surface area contributed by atoms with Crippen LogP contribution in [0, 0.1) is 18.3 Å². The molecule has 7 nitrogen and oxygen atoms in total. The first kappa shape index (κ1) is 19.8. The summed E-state index contributed by atoms with van der Waals surface area (Å²) < 4.78 is 24.6. The average Bonchev–Trinajstić information content (AvgIpc) is 3.13. The van der Waals surface area contributed by atoms with Crippen molar-refractivity contribution in [3.8, 4) is 11.8 Å². The van der Waals surface area contributed by atoms with Crippen molar-refractivity contribution in [2.75, 3.05) is 5.32 Å². The number of carbonyl (C=O) groups excluding carboxylic acids is 1. The number of aromatic nitrogens is 2. The molecule has 0 saturated carbocycles. The molecule has 1 aromatic heterocycles. The second-order valence-corrected chi connectivity index (χ2v) is 7.34. The molecule has 1 heterocycles. The van der Waals surface area contributed by atoms with Gasteiger partial charge in [-0.2, -0.15) is 10.4 Å². The summed E-state index contributed by atoms with van der Waals surface area (Å²) in [5, 5.41) is 16.0. The number of benzene rings is 2. The number of rotatable bonds is 5. The maximum absolute atomic E-state index is 12.3. The zero-order chi connectivity index (χ0) is 20.3. The Balaban J connectivity index is 1.84. The molecular weight excluding hydrogens is 400 g/mol. The first-order valence-corrected chi connectivity index (χ1v) is 9.56. The lowest BCUT2D eigenvalue weighted by molar-refractivity contribution is -0.115. The molecule has 9 heteroatoms. The van der Waals surface area contributed by atoms with E-state index in [1.165, 1.54) is 29.2 Å². The molecule has 3 rings (SSSR count). The molecule has 1 atom stereocenters. The van der Waals surface area contributed by atoms with Gasteiger partial charge >= 0.3 is 0 Å². The summed E-state index contributed by atoms with van der Waals surface area (Å²) in [4.78, 5) is 12.3. The van der Waals surface area contributed by atoms with Gasteiger partial charge in [-0.3, -0.25) is 9.00 Å². The van der Waals surface area contributed by atoms with Gasteiger partial charge in [-0.1, -0.05) is 29.3 Å². The van der Waals surface area contributed by atoms with Gasteiger partial charge in [0, 0.05) is 16.9 Å². The lowest BCUT2D eigenvalue weighted by Gasteiger charge is -2.14. The molecule has 1 unspecified atom stereocenters. The number of nitrogens with zero attached hydrogens (tertiary/aromatic N) is 3. The Morgan fingerprint density at radius 2 is 2.14 bits per heavy atom. The third kappa shape index (κ3) is 4.46. The SMILES string of the molecule is Cc1ccc(Cl)c(CC(=O)Nc2ccc(-n3cc(C#N)cn3)c(S(=O)[O-])c2)c1. The van der Waals surface area contributed by atoms with Crippen molar-refractivity contribution in [3.63, 3.8) is 0 Å². The van der Waals surface area contributed by atoms with Gasteiger partial charge in [0.2, 0.25) is 5.91 Å². The topological polar surface area (TPSA) is 111 Å². The summed E-state index contributed by atoms with van der Waals surface area (Å²) in [5.41, 5.74) is 2.56. The molecule has 1 N–H and O–H groups in total. The molecule has 0 saturated heterocycles. The van der Waals surface area contributed by atoms with E-state index >= 15 is 0 Å². The predicted molar refractivity (Wildman–Crippen MR) is 104 cm³/mol. The Morgan fingerprint density at radius 1 is 1.36 bits per heavy atom. The number of aryl methyl sites for hydroxylation is 1. The molecule has 142 valence electrons. The molecule has 3 aromatic rings. The van der Waals surface area contributed by atoms with Crippen LogP contribution in [0.15, 0.2) is 53.7 Å². The summed E-state index contributed by atoms with van der Waals surface area (Å²) in [6, 6.07) is 11.7. The third-order valence-corrected chi connectivity index (χ3v) is 4.99. The van der Waals surface area contributed by atoms with Gasteiger partial charge < -0.3 is 9.87 Å². The van der Waals surface area contributed by atoms with Crippen LogP contribution in [0.5, 0.6) is 0 Å². The highest BCUT2D eigenvalue weighted by Gasteiger charge is 2.12. The summed E-state index contributed by atoms with van der Waals surface area (Å²) >= 11 is 3.55. The van der Waals surface area contributed by atoms with Gasteiger partial charge in [0.05, 0.1) is 28.8 Å². The fourth-order valence-electron chi connectivity index (χ4n) is 2.64. The van der Waals surface area contributed by atoms with Crippen LogP contribution in [0.3, 0.4) is 0 Å². The number of carbonyl (C=O) groups is 1. The smallest absolute Gasteiger partial charge is 0.228 e. The largest absolute Gasteiger partial charge is 0.768 e. The van der Waals surface area contributed by atoms with Crippen molar-refractivity contribution < 1.29 is 13.6 Å². The molecule has 0 radical (unpaired) electrons. The second kappa shape index (κ2) is 8.35. The lowest BCUT2D eigenvalue weighted by atomic mass is 10.1. The minimum atomic E-state index is -2.57.